The van der Waals surface area contributed by atoms with Crippen LogP contribution in [0, 0.1) is 0 Å². The Balaban J connectivity index is 0.00000420. The number of allylic oxidation sites excluding steroid dienone is 2. The van der Waals surface area contributed by atoms with Crippen LogP contribution in [-0.4, -0.2) is 25.7 Å². The number of benzene rings is 3. The SMILES string of the molecule is C(=C/CC[P+](c1ccccc1)(c1ccccc1)c1ccccc1)/CCCCCCCCOC1CCCCO1.[I-]. The third-order valence-electron chi connectivity index (χ3n) is 7.60. The first kappa shape index (κ1) is 32.0. The fourth-order valence-corrected chi connectivity index (χ4v) is 9.76. The van der Waals surface area contributed by atoms with Gasteiger partial charge in [-0.05, 0) is 74.9 Å². The number of ether oxygens (including phenoxy) is 2. The van der Waals surface area contributed by atoms with Crippen LogP contribution in [0.3, 0.4) is 0 Å². The molecule has 2 nitrogen and oxygen atoms in total. The molecule has 0 bridgehead atoms. The molecule has 1 unspecified atom stereocenters. The Morgan fingerprint density at radius 1 is 0.641 bits per heavy atom. The van der Waals surface area contributed by atoms with Crippen molar-refractivity contribution in [1.29, 1.82) is 0 Å². The van der Waals surface area contributed by atoms with E-state index >= 15 is 0 Å². The van der Waals surface area contributed by atoms with E-state index in [4.69, 9.17) is 9.47 Å². The van der Waals surface area contributed by atoms with E-state index in [1.54, 1.807) is 0 Å². The monoisotopic (exact) mass is 656 g/mol. The minimum Gasteiger partial charge on any atom is -1.00 e. The zero-order valence-corrected chi connectivity index (χ0v) is 26.5. The van der Waals surface area contributed by atoms with Crippen LogP contribution in [0.4, 0.5) is 0 Å². The summed E-state index contributed by atoms with van der Waals surface area (Å²) in [5.41, 5.74) is 0. The highest BCUT2D eigenvalue weighted by Gasteiger charge is 2.44. The molecule has 0 aromatic heterocycles. The van der Waals surface area contributed by atoms with Crippen molar-refractivity contribution in [2.75, 3.05) is 19.4 Å². The molecule has 210 valence electrons. The lowest BCUT2D eigenvalue weighted by Crippen LogP contribution is -3.00. The predicted molar refractivity (Wildman–Crippen MR) is 166 cm³/mol. The van der Waals surface area contributed by atoms with Crippen molar-refractivity contribution in [2.45, 2.75) is 76.9 Å². The molecule has 4 heteroatoms. The quantitative estimate of drug-likeness (QED) is 0.0914. The number of halogens is 1. The molecule has 1 aliphatic heterocycles. The standard InChI is InChI=1S/C35H46O2P.HI/c1(3-5-7-19-29-36-35-28-18-20-30-37-35)2-4-6-8-21-31-38(32-22-12-9-13-23-32,33-24-14-10-15-25-33)34-26-16-11-17-27-34;/h6,8-17,22-27,35H,1-5,7,18-21,28-31H2;1H/q+1;/p-1/b8-6-;. The Hall–Kier alpha value is -1.52. The number of hydrogen-bond acceptors (Lipinski definition) is 2. The maximum absolute atomic E-state index is 5.84. The van der Waals surface area contributed by atoms with E-state index in [2.05, 4.69) is 103 Å². The van der Waals surface area contributed by atoms with Gasteiger partial charge in [-0.25, -0.2) is 0 Å². The van der Waals surface area contributed by atoms with Crippen LogP contribution >= 0.6 is 7.26 Å². The van der Waals surface area contributed by atoms with Crippen LogP contribution in [0.1, 0.15) is 70.6 Å². The second kappa shape index (κ2) is 18.8. The van der Waals surface area contributed by atoms with E-state index in [1.165, 1.54) is 67.3 Å². The van der Waals surface area contributed by atoms with Crippen LogP contribution in [0.5, 0.6) is 0 Å². The first-order valence-electron chi connectivity index (χ1n) is 14.8. The van der Waals surface area contributed by atoms with Gasteiger partial charge < -0.3 is 33.5 Å². The molecule has 0 radical (unpaired) electrons. The molecular weight excluding hydrogens is 610 g/mol. The molecule has 39 heavy (non-hydrogen) atoms. The molecule has 4 rings (SSSR count). The van der Waals surface area contributed by atoms with Crippen LogP contribution in [0.25, 0.3) is 0 Å². The fourth-order valence-electron chi connectivity index (χ4n) is 5.51. The minimum atomic E-state index is -1.71. The van der Waals surface area contributed by atoms with Crippen molar-refractivity contribution in [3.63, 3.8) is 0 Å². The number of rotatable bonds is 16. The van der Waals surface area contributed by atoms with Gasteiger partial charge in [-0.1, -0.05) is 92.4 Å². The van der Waals surface area contributed by atoms with Crippen LogP contribution in [0.2, 0.25) is 0 Å². The molecule has 0 aliphatic carbocycles. The van der Waals surface area contributed by atoms with Crippen molar-refractivity contribution in [2.24, 2.45) is 0 Å². The van der Waals surface area contributed by atoms with Gasteiger partial charge in [0.25, 0.3) is 0 Å². The lowest BCUT2D eigenvalue weighted by Gasteiger charge is -2.27. The van der Waals surface area contributed by atoms with Gasteiger partial charge in [0.2, 0.25) is 0 Å². The summed E-state index contributed by atoms with van der Waals surface area (Å²) in [6.07, 6.45) is 19.6. The van der Waals surface area contributed by atoms with Crippen molar-refractivity contribution in [3.05, 3.63) is 103 Å². The van der Waals surface area contributed by atoms with Crippen LogP contribution in [0.15, 0.2) is 103 Å². The summed E-state index contributed by atoms with van der Waals surface area (Å²) in [6.45, 7) is 1.72. The van der Waals surface area contributed by atoms with Gasteiger partial charge in [0.05, 0.1) is 6.16 Å². The second-order valence-corrected chi connectivity index (χ2v) is 14.0. The summed E-state index contributed by atoms with van der Waals surface area (Å²) in [6, 6.07) is 33.6. The van der Waals surface area contributed by atoms with E-state index in [0.29, 0.717) is 0 Å². The largest absolute Gasteiger partial charge is 1.00 e. The average Bonchev–Trinajstić information content (AvgIpc) is 2.99. The van der Waals surface area contributed by atoms with E-state index in [1.807, 2.05) is 0 Å². The summed E-state index contributed by atoms with van der Waals surface area (Å²) >= 11 is 0. The highest BCUT2D eigenvalue weighted by atomic mass is 127. The zero-order valence-electron chi connectivity index (χ0n) is 23.4. The first-order valence-corrected chi connectivity index (χ1v) is 16.8. The van der Waals surface area contributed by atoms with Gasteiger partial charge in [-0.2, -0.15) is 0 Å². The van der Waals surface area contributed by atoms with Crippen LogP contribution < -0.4 is 39.9 Å². The van der Waals surface area contributed by atoms with Crippen LogP contribution in [-0.2, 0) is 9.47 Å². The Labute approximate surface area is 255 Å². The first-order chi connectivity index (χ1) is 18.9. The van der Waals surface area contributed by atoms with Crippen molar-refractivity contribution >= 4 is 23.2 Å². The lowest BCUT2D eigenvalue weighted by atomic mass is 10.1. The average molecular weight is 657 g/mol. The maximum Gasteiger partial charge on any atom is 0.157 e. The Bertz CT molecular complexity index is 939. The van der Waals surface area contributed by atoms with Gasteiger partial charge in [0.15, 0.2) is 6.29 Å². The van der Waals surface area contributed by atoms with E-state index in [9.17, 15) is 0 Å². The van der Waals surface area contributed by atoms with Gasteiger partial charge in [-0.3, -0.25) is 0 Å². The van der Waals surface area contributed by atoms with E-state index < -0.39 is 7.26 Å². The number of unbranched alkanes of at least 4 members (excludes halogenated alkanes) is 6. The van der Waals surface area contributed by atoms with Gasteiger partial charge >= 0.3 is 0 Å². The topological polar surface area (TPSA) is 18.5 Å². The lowest BCUT2D eigenvalue weighted by molar-refractivity contribution is -0.162. The molecule has 1 aliphatic rings. The molecule has 1 atom stereocenters. The zero-order chi connectivity index (χ0) is 26.1. The van der Waals surface area contributed by atoms with E-state index in [0.717, 1.165) is 38.6 Å². The number of hydrogen-bond donors (Lipinski definition) is 0. The molecule has 1 saturated heterocycles. The molecular formula is C35H46IO2P. The fraction of sp³-hybridized carbons (Fsp3) is 0.429. The van der Waals surface area contributed by atoms with Crippen molar-refractivity contribution < 1.29 is 33.5 Å². The smallest absolute Gasteiger partial charge is 0.157 e. The molecule has 3 aromatic rings. The third-order valence-corrected chi connectivity index (χ3v) is 12.1. The molecule has 1 fully saturated rings. The summed E-state index contributed by atoms with van der Waals surface area (Å²) in [4.78, 5) is 0. The van der Waals surface area contributed by atoms with Gasteiger partial charge in [0, 0.05) is 19.6 Å². The minimum absolute atomic E-state index is 0. The Morgan fingerprint density at radius 3 is 1.69 bits per heavy atom. The highest BCUT2D eigenvalue weighted by molar-refractivity contribution is 7.95. The molecule has 0 N–H and O–H groups in total. The second-order valence-electron chi connectivity index (χ2n) is 10.4. The molecule has 0 spiro atoms. The summed E-state index contributed by atoms with van der Waals surface area (Å²) in [5, 5.41) is 4.42. The Kier molecular flexibility index (Phi) is 15.4. The third kappa shape index (κ3) is 10.1. The summed E-state index contributed by atoms with van der Waals surface area (Å²) in [5.74, 6) is 0. The van der Waals surface area contributed by atoms with E-state index in [-0.39, 0.29) is 30.3 Å². The summed E-state index contributed by atoms with van der Waals surface area (Å²) in [7, 11) is -1.71. The molecule has 3 aromatic carbocycles. The predicted octanol–water partition coefficient (Wildman–Crippen LogP) is 5.20. The van der Waals surface area contributed by atoms with Crippen molar-refractivity contribution in [3.8, 4) is 0 Å². The normalized spacial score (nSPS) is 15.7. The molecule has 0 amide bonds. The molecule has 1 heterocycles. The maximum atomic E-state index is 5.84. The molecule has 0 saturated carbocycles. The van der Waals surface area contributed by atoms with Crippen molar-refractivity contribution in [1.82, 2.24) is 0 Å². The highest BCUT2D eigenvalue weighted by Crippen LogP contribution is 2.55. The van der Waals surface area contributed by atoms with Gasteiger partial charge in [0.1, 0.15) is 23.2 Å². The summed E-state index contributed by atoms with van der Waals surface area (Å²) < 4.78 is 11.5. The Morgan fingerprint density at radius 2 is 1.15 bits per heavy atom. The van der Waals surface area contributed by atoms with Gasteiger partial charge in [-0.15, -0.1) is 0 Å².